The molecule has 0 fully saturated rings. The first-order valence-corrected chi connectivity index (χ1v) is 10.9. The molecule has 0 radical (unpaired) electrons. The van der Waals surface area contributed by atoms with Crippen molar-refractivity contribution < 1.29 is 19.1 Å². The molecule has 0 aliphatic heterocycles. The number of carbonyl (C=O) groups is 2. The summed E-state index contributed by atoms with van der Waals surface area (Å²) in [6.45, 7) is 4.92. The number of hydrogen-bond donors (Lipinski definition) is 0. The summed E-state index contributed by atoms with van der Waals surface area (Å²) in [7, 11) is 3.44. The number of likely N-dealkylation sites (N-methyl/N-ethyl adjacent to an activating group) is 1. The van der Waals surface area contributed by atoms with Gasteiger partial charge in [0, 0.05) is 32.7 Å². The molecule has 0 spiro atoms. The Hall–Kier alpha value is -3.80. The van der Waals surface area contributed by atoms with Gasteiger partial charge in [-0.25, -0.2) is 0 Å². The maximum Gasteiger partial charge on any atom is 0.260 e. The number of nitrogens with zero attached hydrogens (tertiary/aromatic N) is 2. The van der Waals surface area contributed by atoms with E-state index in [9.17, 15) is 9.59 Å². The van der Waals surface area contributed by atoms with E-state index in [0.717, 1.165) is 11.3 Å². The summed E-state index contributed by atoms with van der Waals surface area (Å²) < 4.78 is 11.5. The predicted octanol–water partition coefficient (Wildman–Crippen LogP) is 4.92. The fourth-order valence-corrected chi connectivity index (χ4v) is 3.19. The van der Waals surface area contributed by atoms with Crippen LogP contribution >= 0.6 is 0 Å². The molecule has 3 aromatic rings. The largest absolute Gasteiger partial charge is 0.484 e. The van der Waals surface area contributed by atoms with Crippen LogP contribution in [0.4, 0.5) is 0 Å². The second-order valence-corrected chi connectivity index (χ2v) is 7.98. The summed E-state index contributed by atoms with van der Waals surface area (Å²) in [5, 5.41) is 0. The molecule has 2 amide bonds. The molecule has 0 aliphatic rings. The summed E-state index contributed by atoms with van der Waals surface area (Å²) in [5.74, 6) is 1.91. The Morgan fingerprint density at radius 2 is 1.33 bits per heavy atom. The quantitative estimate of drug-likeness (QED) is 0.468. The summed E-state index contributed by atoms with van der Waals surface area (Å²) >= 11 is 0. The number of aryl methyl sites for hydroxylation is 1. The monoisotopic (exact) mass is 446 g/mol. The standard InChI is InChI=1S/C27H30N2O4/c1-5-29(18-21-8-10-22(11-9-21)27(31)28(3)4)26(30)19-32-23-14-16-25(17-15-23)33-24-12-6-20(2)7-13-24/h6-17H,5,18-19H2,1-4H3. The van der Waals surface area contributed by atoms with Crippen molar-refractivity contribution in [2.24, 2.45) is 0 Å². The molecule has 6 nitrogen and oxygen atoms in total. The van der Waals surface area contributed by atoms with Crippen molar-refractivity contribution in [1.29, 1.82) is 0 Å². The Labute approximate surface area is 195 Å². The van der Waals surface area contributed by atoms with Gasteiger partial charge in [0.05, 0.1) is 0 Å². The average molecular weight is 447 g/mol. The van der Waals surface area contributed by atoms with Gasteiger partial charge in [-0.05, 0) is 67.9 Å². The minimum atomic E-state index is -0.106. The Balaban J connectivity index is 1.52. The summed E-state index contributed by atoms with van der Waals surface area (Å²) in [6, 6.07) is 22.4. The average Bonchev–Trinajstić information content (AvgIpc) is 2.83. The van der Waals surface area contributed by atoms with Crippen LogP contribution in [-0.2, 0) is 11.3 Å². The number of rotatable bonds is 9. The zero-order chi connectivity index (χ0) is 23.8. The number of carbonyl (C=O) groups excluding carboxylic acids is 2. The van der Waals surface area contributed by atoms with Crippen molar-refractivity contribution in [3.05, 3.63) is 89.5 Å². The third kappa shape index (κ3) is 6.84. The number of hydrogen-bond acceptors (Lipinski definition) is 4. The molecule has 0 saturated carbocycles. The van der Waals surface area contributed by atoms with E-state index < -0.39 is 0 Å². The van der Waals surface area contributed by atoms with Gasteiger partial charge in [0.15, 0.2) is 6.61 Å². The first-order chi connectivity index (χ1) is 15.9. The normalized spacial score (nSPS) is 10.4. The van der Waals surface area contributed by atoms with Gasteiger partial charge in [-0.1, -0.05) is 29.8 Å². The van der Waals surface area contributed by atoms with Crippen LogP contribution in [0.5, 0.6) is 17.2 Å². The lowest BCUT2D eigenvalue weighted by Gasteiger charge is -2.21. The SMILES string of the molecule is CCN(Cc1ccc(C(=O)N(C)C)cc1)C(=O)COc1ccc(Oc2ccc(C)cc2)cc1. The van der Waals surface area contributed by atoms with E-state index in [1.165, 1.54) is 10.5 Å². The maximum atomic E-state index is 12.7. The highest BCUT2D eigenvalue weighted by atomic mass is 16.5. The van der Waals surface area contributed by atoms with Crippen LogP contribution in [0, 0.1) is 6.92 Å². The van der Waals surface area contributed by atoms with E-state index in [2.05, 4.69) is 0 Å². The van der Waals surface area contributed by atoms with Crippen molar-refractivity contribution in [2.45, 2.75) is 20.4 Å². The van der Waals surface area contributed by atoms with Crippen LogP contribution in [0.3, 0.4) is 0 Å². The Kier molecular flexibility index (Phi) is 8.08. The van der Waals surface area contributed by atoms with Crippen molar-refractivity contribution in [3.8, 4) is 17.2 Å². The first kappa shape index (κ1) is 23.9. The number of ether oxygens (including phenoxy) is 2. The van der Waals surface area contributed by atoms with Gasteiger partial charge in [-0.3, -0.25) is 9.59 Å². The van der Waals surface area contributed by atoms with Crippen molar-refractivity contribution in [2.75, 3.05) is 27.2 Å². The van der Waals surface area contributed by atoms with Crippen LogP contribution in [0.1, 0.15) is 28.4 Å². The van der Waals surface area contributed by atoms with Crippen LogP contribution in [0.2, 0.25) is 0 Å². The van der Waals surface area contributed by atoms with Gasteiger partial charge in [0.2, 0.25) is 0 Å². The molecule has 0 bridgehead atoms. The lowest BCUT2D eigenvalue weighted by molar-refractivity contribution is -0.133. The molecule has 33 heavy (non-hydrogen) atoms. The predicted molar refractivity (Wildman–Crippen MR) is 129 cm³/mol. The fourth-order valence-electron chi connectivity index (χ4n) is 3.19. The molecule has 0 heterocycles. The second kappa shape index (κ2) is 11.2. The summed E-state index contributed by atoms with van der Waals surface area (Å²) in [6.07, 6.45) is 0. The molecule has 172 valence electrons. The van der Waals surface area contributed by atoms with Crippen molar-refractivity contribution >= 4 is 11.8 Å². The molecule has 0 aromatic heterocycles. The Bertz CT molecular complexity index is 1060. The van der Waals surface area contributed by atoms with Gasteiger partial charge in [-0.2, -0.15) is 0 Å². The van der Waals surface area contributed by atoms with E-state index in [-0.39, 0.29) is 18.4 Å². The second-order valence-electron chi connectivity index (χ2n) is 7.98. The molecule has 0 unspecified atom stereocenters. The van der Waals surface area contributed by atoms with Crippen LogP contribution in [0.15, 0.2) is 72.8 Å². The van der Waals surface area contributed by atoms with E-state index in [1.54, 1.807) is 43.3 Å². The molecule has 0 N–H and O–H groups in total. The van der Waals surface area contributed by atoms with E-state index >= 15 is 0 Å². The van der Waals surface area contributed by atoms with Crippen molar-refractivity contribution in [1.82, 2.24) is 9.80 Å². The Morgan fingerprint density at radius 1 is 0.788 bits per heavy atom. The van der Waals surface area contributed by atoms with Crippen LogP contribution in [-0.4, -0.2) is 48.9 Å². The highest BCUT2D eigenvalue weighted by molar-refractivity contribution is 5.93. The van der Waals surface area contributed by atoms with Crippen LogP contribution < -0.4 is 9.47 Å². The molecule has 6 heteroatoms. The molecule has 0 atom stereocenters. The molecule has 0 saturated heterocycles. The van der Waals surface area contributed by atoms with Gasteiger partial charge in [0.25, 0.3) is 11.8 Å². The lowest BCUT2D eigenvalue weighted by Crippen LogP contribution is -2.34. The molecular weight excluding hydrogens is 416 g/mol. The van der Waals surface area contributed by atoms with Gasteiger partial charge >= 0.3 is 0 Å². The molecule has 3 rings (SSSR count). The van der Waals surface area contributed by atoms with Crippen LogP contribution in [0.25, 0.3) is 0 Å². The highest BCUT2D eigenvalue weighted by Gasteiger charge is 2.14. The molecule has 3 aromatic carbocycles. The molecule has 0 aliphatic carbocycles. The summed E-state index contributed by atoms with van der Waals surface area (Å²) in [5.41, 5.74) is 2.75. The third-order valence-electron chi connectivity index (χ3n) is 5.16. The minimum absolute atomic E-state index is 0.0475. The zero-order valence-corrected chi connectivity index (χ0v) is 19.6. The van der Waals surface area contributed by atoms with E-state index in [0.29, 0.717) is 30.2 Å². The van der Waals surface area contributed by atoms with Gasteiger partial charge in [0.1, 0.15) is 17.2 Å². The van der Waals surface area contributed by atoms with E-state index in [1.807, 2.05) is 62.4 Å². The molecular formula is C27H30N2O4. The number of amides is 2. The van der Waals surface area contributed by atoms with Gasteiger partial charge < -0.3 is 19.3 Å². The maximum absolute atomic E-state index is 12.7. The first-order valence-electron chi connectivity index (χ1n) is 10.9. The topological polar surface area (TPSA) is 59.1 Å². The minimum Gasteiger partial charge on any atom is -0.484 e. The fraction of sp³-hybridized carbons (Fsp3) is 0.259. The smallest absolute Gasteiger partial charge is 0.260 e. The zero-order valence-electron chi connectivity index (χ0n) is 19.6. The van der Waals surface area contributed by atoms with Gasteiger partial charge in [-0.15, -0.1) is 0 Å². The summed E-state index contributed by atoms with van der Waals surface area (Å²) in [4.78, 5) is 27.9. The van der Waals surface area contributed by atoms with Crippen molar-refractivity contribution in [3.63, 3.8) is 0 Å². The Morgan fingerprint density at radius 3 is 1.88 bits per heavy atom. The highest BCUT2D eigenvalue weighted by Crippen LogP contribution is 2.24. The third-order valence-corrected chi connectivity index (χ3v) is 5.16. The number of benzene rings is 3. The van der Waals surface area contributed by atoms with E-state index in [4.69, 9.17) is 9.47 Å². The lowest BCUT2D eigenvalue weighted by atomic mass is 10.1.